The molecule has 1 atom stereocenters. The largest absolute Gasteiger partial charge is 0.573 e. The summed E-state index contributed by atoms with van der Waals surface area (Å²) in [7, 11) is 0. The minimum atomic E-state index is -4.75. The van der Waals surface area contributed by atoms with Crippen LogP contribution in [0.15, 0.2) is 18.2 Å². The van der Waals surface area contributed by atoms with Crippen LogP contribution in [0, 0.1) is 6.07 Å². The molecule has 1 aromatic carbocycles. The number of hydrogen-bond donors (Lipinski definition) is 0. The number of hydrogen-bond acceptors (Lipinski definition) is 3. The summed E-state index contributed by atoms with van der Waals surface area (Å²) in [4.78, 5) is 0. The van der Waals surface area contributed by atoms with Gasteiger partial charge in [0.05, 0.1) is 6.10 Å². The fraction of sp³-hybridized carbons (Fsp3) is 0.455. The van der Waals surface area contributed by atoms with Crippen LogP contribution in [0.2, 0.25) is 0 Å². The minimum absolute atomic E-state index is 0.0142. The van der Waals surface area contributed by atoms with E-state index in [1.807, 2.05) is 0 Å². The number of rotatable bonds is 4. The quantitative estimate of drug-likeness (QED) is 0.818. The number of alkyl halides is 3. The van der Waals surface area contributed by atoms with E-state index in [0.29, 0.717) is 6.61 Å². The number of para-hydroxylation sites is 1. The Morgan fingerprint density at radius 1 is 1.47 bits per heavy atom. The molecule has 2 rings (SSSR count). The zero-order valence-corrected chi connectivity index (χ0v) is 8.79. The lowest BCUT2D eigenvalue weighted by atomic mass is 10.2. The molecule has 1 fully saturated rings. The van der Waals surface area contributed by atoms with E-state index in [1.54, 1.807) is 0 Å². The summed E-state index contributed by atoms with van der Waals surface area (Å²) in [5, 5.41) is 0. The second-order valence-electron chi connectivity index (χ2n) is 3.50. The van der Waals surface area contributed by atoms with Gasteiger partial charge in [0.25, 0.3) is 0 Å². The lowest BCUT2D eigenvalue weighted by Crippen LogP contribution is -2.32. The summed E-state index contributed by atoms with van der Waals surface area (Å²) in [5.74, 6) is -0.445. The first-order valence-electron chi connectivity index (χ1n) is 5.05. The molecule has 1 aliphatic rings. The normalized spacial score (nSPS) is 19.6. The zero-order chi connectivity index (χ0) is 12.3. The summed E-state index contributed by atoms with van der Waals surface area (Å²) in [6.07, 6.45) is -3.94. The Hall–Kier alpha value is -1.43. The van der Waals surface area contributed by atoms with E-state index in [0.717, 1.165) is 6.42 Å². The molecule has 1 unspecified atom stereocenters. The first kappa shape index (κ1) is 12.0. The molecule has 0 bridgehead atoms. The highest BCUT2D eigenvalue weighted by Crippen LogP contribution is 2.31. The maximum atomic E-state index is 12.1. The van der Waals surface area contributed by atoms with E-state index in [4.69, 9.17) is 9.47 Å². The van der Waals surface area contributed by atoms with E-state index >= 15 is 0 Å². The van der Waals surface area contributed by atoms with Crippen LogP contribution in [0.1, 0.15) is 6.42 Å². The van der Waals surface area contributed by atoms with Gasteiger partial charge in [0.15, 0.2) is 11.5 Å². The van der Waals surface area contributed by atoms with Crippen LogP contribution in [0.4, 0.5) is 13.2 Å². The second kappa shape index (κ2) is 4.83. The molecule has 0 aliphatic carbocycles. The van der Waals surface area contributed by atoms with Crippen molar-refractivity contribution in [3.8, 4) is 11.5 Å². The second-order valence-corrected chi connectivity index (χ2v) is 3.50. The van der Waals surface area contributed by atoms with Crippen molar-refractivity contribution < 1.29 is 27.4 Å². The molecule has 1 aliphatic heterocycles. The summed E-state index contributed by atoms with van der Waals surface area (Å²) in [6.45, 7) is 0.882. The fourth-order valence-electron chi connectivity index (χ4n) is 1.31. The first-order valence-corrected chi connectivity index (χ1v) is 5.05. The third kappa shape index (κ3) is 3.52. The Balaban J connectivity index is 1.99. The van der Waals surface area contributed by atoms with E-state index in [2.05, 4.69) is 10.8 Å². The molecule has 0 saturated carbocycles. The molecule has 1 heterocycles. The Kier molecular flexibility index (Phi) is 3.42. The first-order chi connectivity index (χ1) is 8.04. The molecule has 1 aromatic rings. The van der Waals surface area contributed by atoms with Crippen LogP contribution < -0.4 is 9.47 Å². The van der Waals surface area contributed by atoms with Crippen LogP contribution in [0.25, 0.3) is 0 Å². The van der Waals surface area contributed by atoms with Gasteiger partial charge >= 0.3 is 6.36 Å². The predicted molar refractivity (Wildman–Crippen MR) is 51.8 cm³/mol. The van der Waals surface area contributed by atoms with Crippen molar-refractivity contribution in [1.29, 1.82) is 0 Å². The van der Waals surface area contributed by atoms with Gasteiger partial charge in [0.1, 0.15) is 6.61 Å². The van der Waals surface area contributed by atoms with Gasteiger partial charge in [-0.2, -0.15) is 0 Å². The third-order valence-electron chi connectivity index (χ3n) is 2.22. The van der Waals surface area contributed by atoms with Gasteiger partial charge < -0.3 is 14.2 Å². The van der Waals surface area contributed by atoms with Crippen molar-refractivity contribution >= 4 is 0 Å². The molecule has 1 radical (unpaired) electrons. The van der Waals surface area contributed by atoms with Gasteiger partial charge in [-0.15, -0.1) is 13.2 Å². The van der Waals surface area contributed by atoms with Crippen molar-refractivity contribution in [2.24, 2.45) is 0 Å². The third-order valence-corrected chi connectivity index (χ3v) is 2.22. The van der Waals surface area contributed by atoms with Crippen LogP contribution in [0.5, 0.6) is 11.5 Å². The monoisotopic (exact) mass is 247 g/mol. The highest BCUT2D eigenvalue weighted by Gasteiger charge is 2.32. The lowest BCUT2D eigenvalue weighted by molar-refractivity contribution is -0.275. The topological polar surface area (TPSA) is 27.7 Å². The van der Waals surface area contributed by atoms with Crippen molar-refractivity contribution in [3.05, 3.63) is 24.3 Å². The highest BCUT2D eigenvalue weighted by molar-refractivity contribution is 5.38. The predicted octanol–water partition coefficient (Wildman–Crippen LogP) is 2.55. The van der Waals surface area contributed by atoms with E-state index in [1.165, 1.54) is 18.2 Å². The Bertz CT molecular complexity index is 374. The summed E-state index contributed by atoms with van der Waals surface area (Å²) in [5.41, 5.74) is 0. The fourth-order valence-corrected chi connectivity index (χ4v) is 1.31. The number of halogens is 3. The molecule has 0 amide bonds. The minimum Gasteiger partial charge on any atom is -0.487 e. The molecule has 93 valence electrons. The van der Waals surface area contributed by atoms with Crippen LogP contribution in [0.3, 0.4) is 0 Å². The molecule has 17 heavy (non-hydrogen) atoms. The van der Waals surface area contributed by atoms with Crippen molar-refractivity contribution in [3.63, 3.8) is 0 Å². The maximum Gasteiger partial charge on any atom is 0.573 e. The summed E-state index contributed by atoms with van der Waals surface area (Å²) >= 11 is 0. The van der Waals surface area contributed by atoms with Gasteiger partial charge in [-0.05, 0) is 6.07 Å². The van der Waals surface area contributed by atoms with E-state index in [-0.39, 0.29) is 18.5 Å². The van der Waals surface area contributed by atoms with Gasteiger partial charge in [0, 0.05) is 19.1 Å². The molecular weight excluding hydrogens is 237 g/mol. The number of ether oxygens (including phenoxy) is 3. The molecule has 1 saturated heterocycles. The zero-order valence-electron chi connectivity index (χ0n) is 8.79. The van der Waals surface area contributed by atoms with Gasteiger partial charge in [-0.3, -0.25) is 0 Å². The SMILES string of the molecule is FC(F)(F)Oc1[c]cccc1OCC1CCO1. The molecule has 6 heteroatoms. The van der Waals surface area contributed by atoms with Gasteiger partial charge in [-0.1, -0.05) is 12.1 Å². The average molecular weight is 247 g/mol. The molecule has 0 N–H and O–H groups in total. The lowest BCUT2D eigenvalue weighted by Gasteiger charge is -2.26. The van der Waals surface area contributed by atoms with Crippen LogP contribution in [-0.2, 0) is 4.74 Å². The molecule has 0 aromatic heterocycles. The smallest absolute Gasteiger partial charge is 0.487 e. The Morgan fingerprint density at radius 3 is 2.82 bits per heavy atom. The summed E-state index contributed by atoms with van der Waals surface area (Å²) in [6, 6.07) is 6.60. The Labute approximate surface area is 96.1 Å². The molecule has 3 nitrogen and oxygen atoms in total. The maximum absolute atomic E-state index is 12.1. The van der Waals surface area contributed by atoms with Crippen LogP contribution in [-0.4, -0.2) is 25.7 Å². The molecule has 0 spiro atoms. The number of benzene rings is 1. The van der Waals surface area contributed by atoms with Gasteiger partial charge in [-0.25, -0.2) is 0 Å². The van der Waals surface area contributed by atoms with Crippen LogP contribution >= 0.6 is 0 Å². The Morgan fingerprint density at radius 2 is 2.24 bits per heavy atom. The van der Waals surface area contributed by atoms with E-state index < -0.39 is 12.1 Å². The highest BCUT2D eigenvalue weighted by atomic mass is 19.4. The standard InChI is InChI=1S/C11H10F3O3/c12-11(13,14)17-10-4-2-1-3-9(10)16-7-8-5-6-15-8/h1-3,8H,5-7H2. The van der Waals surface area contributed by atoms with Crippen molar-refractivity contribution in [1.82, 2.24) is 0 Å². The van der Waals surface area contributed by atoms with Crippen molar-refractivity contribution in [2.75, 3.05) is 13.2 Å². The summed E-state index contributed by atoms with van der Waals surface area (Å²) < 4.78 is 50.3. The van der Waals surface area contributed by atoms with E-state index in [9.17, 15) is 13.2 Å². The van der Waals surface area contributed by atoms with Gasteiger partial charge in [0.2, 0.25) is 0 Å². The molecular formula is C11H10F3O3. The van der Waals surface area contributed by atoms with Crippen molar-refractivity contribution in [2.45, 2.75) is 18.9 Å². The average Bonchev–Trinajstić information content (AvgIpc) is 2.16.